The lowest BCUT2D eigenvalue weighted by Crippen LogP contribution is -2.36. The molecule has 1 heterocycles. The molecule has 2 rings (SSSR count). The number of hydrogen-bond acceptors (Lipinski definition) is 4. The molecule has 1 aromatic rings. The number of amides is 1. The molecule has 0 unspecified atom stereocenters. The van der Waals surface area contributed by atoms with E-state index in [-0.39, 0.29) is 11.7 Å². The molecule has 0 aromatic carbocycles. The zero-order valence-electron chi connectivity index (χ0n) is 12.3. The molecule has 5 heteroatoms. The van der Waals surface area contributed by atoms with Gasteiger partial charge in [-0.1, -0.05) is 11.6 Å². The van der Waals surface area contributed by atoms with Crippen LogP contribution in [0, 0.1) is 0 Å². The Labute approximate surface area is 124 Å². The van der Waals surface area contributed by atoms with Gasteiger partial charge in [0.2, 0.25) is 5.76 Å². The minimum atomic E-state index is -0.831. The van der Waals surface area contributed by atoms with Crippen molar-refractivity contribution in [2.24, 2.45) is 0 Å². The third-order valence-electron chi connectivity index (χ3n) is 3.51. The first-order valence-electron chi connectivity index (χ1n) is 7.37. The van der Waals surface area contributed by atoms with E-state index in [4.69, 9.17) is 9.15 Å². The third kappa shape index (κ3) is 4.77. The molecule has 1 aromatic heterocycles. The molecule has 1 atom stereocenters. The van der Waals surface area contributed by atoms with Gasteiger partial charge in [0.25, 0.3) is 5.91 Å². The van der Waals surface area contributed by atoms with Gasteiger partial charge in [-0.2, -0.15) is 0 Å². The Balaban J connectivity index is 1.70. The predicted molar refractivity (Wildman–Crippen MR) is 77.8 cm³/mol. The van der Waals surface area contributed by atoms with Gasteiger partial charge in [-0.3, -0.25) is 4.79 Å². The summed E-state index contributed by atoms with van der Waals surface area (Å²) in [7, 11) is 0. The highest BCUT2D eigenvalue weighted by Crippen LogP contribution is 2.19. The molecule has 1 aliphatic rings. The molecule has 0 saturated carbocycles. The molecule has 21 heavy (non-hydrogen) atoms. The van der Waals surface area contributed by atoms with Crippen molar-refractivity contribution < 1.29 is 18.7 Å². The minimum Gasteiger partial charge on any atom is -0.457 e. The molecular formula is C16H21NO4. The highest BCUT2D eigenvalue weighted by Gasteiger charge is 2.20. The zero-order chi connectivity index (χ0) is 15.1. The zero-order valence-corrected chi connectivity index (χ0v) is 12.3. The topological polar surface area (TPSA) is 68.5 Å². The van der Waals surface area contributed by atoms with Gasteiger partial charge in [0.15, 0.2) is 6.10 Å². The summed E-state index contributed by atoms with van der Waals surface area (Å²) in [5, 5.41) is 2.79. The van der Waals surface area contributed by atoms with E-state index in [9.17, 15) is 9.59 Å². The lowest BCUT2D eigenvalue weighted by Gasteiger charge is -2.15. The Hall–Kier alpha value is -2.04. The third-order valence-corrected chi connectivity index (χ3v) is 3.51. The monoisotopic (exact) mass is 291 g/mol. The van der Waals surface area contributed by atoms with Crippen LogP contribution < -0.4 is 5.32 Å². The molecule has 0 spiro atoms. The first-order chi connectivity index (χ1) is 10.2. The van der Waals surface area contributed by atoms with Gasteiger partial charge in [-0.15, -0.1) is 0 Å². The number of rotatable bonds is 6. The van der Waals surface area contributed by atoms with Crippen LogP contribution in [-0.4, -0.2) is 24.5 Å². The van der Waals surface area contributed by atoms with Crippen LogP contribution in [0.2, 0.25) is 0 Å². The summed E-state index contributed by atoms with van der Waals surface area (Å²) in [5.41, 5.74) is 1.40. The number of carbonyl (C=O) groups is 2. The number of esters is 1. The molecule has 1 N–H and O–H groups in total. The Morgan fingerprint density at radius 1 is 1.43 bits per heavy atom. The highest BCUT2D eigenvalue weighted by atomic mass is 16.6. The summed E-state index contributed by atoms with van der Waals surface area (Å²) in [4.78, 5) is 23.5. The first kappa shape index (κ1) is 15.4. The van der Waals surface area contributed by atoms with Crippen molar-refractivity contribution in [1.29, 1.82) is 0 Å². The second kappa shape index (κ2) is 7.67. The molecule has 1 aliphatic carbocycles. The molecular weight excluding hydrogens is 270 g/mol. The maximum absolute atomic E-state index is 11.9. The lowest BCUT2D eigenvalue weighted by molar-refractivity contribution is -0.129. The van der Waals surface area contributed by atoms with Crippen LogP contribution in [0.1, 0.15) is 49.6 Å². The van der Waals surface area contributed by atoms with Gasteiger partial charge >= 0.3 is 5.97 Å². The van der Waals surface area contributed by atoms with E-state index in [2.05, 4.69) is 11.4 Å². The van der Waals surface area contributed by atoms with Gasteiger partial charge in [0.05, 0.1) is 6.26 Å². The average molecular weight is 291 g/mol. The fraction of sp³-hybridized carbons (Fsp3) is 0.500. The van der Waals surface area contributed by atoms with E-state index < -0.39 is 12.1 Å². The number of carbonyl (C=O) groups excluding carboxylic acids is 2. The van der Waals surface area contributed by atoms with Crippen molar-refractivity contribution >= 4 is 11.9 Å². The van der Waals surface area contributed by atoms with Crippen LogP contribution in [0.25, 0.3) is 0 Å². The summed E-state index contributed by atoms with van der Waals surface area (Å²) < 4.78 is 9.96. The molecule has 114 valence electrons. The highest BCUT2D eigenvalue weighted by molar-refractivity contribution is 5.89. The van der Waals surface area contributed by atoms with Crippen molar-refractivity contribution in [3.05, 3.63) is 35.8 Å². The van der Waals surface area contributed by atoms with Crippen molar-refractivity contribution in [3.8, 4) is 0 Å². The summed E-state index contributed by atoms with van der Waals surface area (Å²) >= 11 is 0. The van der Waals surface area contributed by atoms with E-state index in [0.29, 0.717) is 6.54 Å². The Bertz CT molecular complexity index is 504. The van der Waals surface area contributed by atoms with E-state index >= 15 is 0 Å². The summed E-state index contributed by atoms with van der Waals surface area (Å²) in [6.07, 6.45) is 8.44. The second-order valence-corrected chi connectivity index (χ2v) is 5.17. The van der Waals surface area contributed by atoms with E-state index in [1.54, 1.807) is 13.0 Å². The molecule has 5 nitrogen and oxygen atoms in total. The molecule has 0 fully saturated rings. The lowest BCUT2D eigenvalue weighted by atomic mass is 9.97. The van der Waals surface area contributed by atoms with Gasteiger partial charge < -0.3 is 14.5 Å². The van der Waals surface area contributed by atoms with Gasteiger partial charge in [-0.25, -0.2) is 4.79 Å². The summed E-state index contributed by atoms with van der Waals surface area (Å²) in [5.74, 6) is -0.814. The van der Waals surface area contributed by atoms with Crippen LogP contribution in [-0.2, 0) is 9.53 Å². The van der Waals surface area contributed by atoms with Gasteiger partial charge in [0.1, 0.15) is 0 Å². The normalized spacial score (nSPS) is 16.0. The Morgan fingerprint density at radius 2 is 2.29 bits per heavy atom. The summed E-state index contributed by atoms with van der Waals surface area (Å²) in [6, 6.07) is 3.10. The molecule has 0 saturated heterocycles. The van der Waals surface area contributed by atoms with Crippen LogP contribution in [0.5, 0.6) is 0 Å². The quantitative estimate of drug-likeness (QED) is 0.646. The SMILES string of the molecule is C[C@@H](OC(=O)c1ccco1)C(=O)NCCC1=CCCCC1. The number of furan rings is 1. The standard InChI is InChI=1S/C16H21NO4/c1-12(21-16(19)14-8-5-11-20-14)15(18)17-10-9-13-6-3-2-4-7-13/h5-6,8,11-12H,2-4,7,9-10H2,1H3,(H,17,18)/t12-/m1/s1. The maximum atomic E-state index is 11.9. The second-order valence-electron chi connectivity index (χ2n) is 5.17. The number of allylic oxidation sites excluding steroid dienone is 1. The minimum absolute atomic E-state index is 0.0991. The van der Waals surface area contributed by atoms with E-state index in [0.717, 1.165) is 19.3 Å². The Kier molecular flexibility index (Phi) is 5.60. The van der Waals surface area contributed by atoms with Crippen molar-refractivity contribution in [1.82, 2.24) is 5.32 Å². The van der Waals surface area contributed by atoms with Crippen molar-refractivity contribution in [2.45, 2.75) is 45.1 Å². The maximum Gasteiger partial charge on any atom is 0.374 e. The predicted octanol–water partition coefficient (Wildman–Crippen LogP) is 2.83. The number of ether oxygens (including phenoxy) is 1. The van der Waals surface area contributed by atoms with Crippen LogP contribution in [0.3, 0.4) is 0 Å². The number of nitrogens with one attached hydrogen (secondary N) is 1. The summed E-state index contributed by atoms with van der Waals surface area (Å²) in [6.45, 7) is 2.13. The van der Waals surface area contributed by atoms with Crippen LogP contribution >= 0.6 is 0 Å². The fourth-order valence-electron chi connectivity index (χ4n) is 2.29. The van der Waals surface area contributed by atoms with Crippen LogP contribution in [0.4, 0.5) is 0 Å². The van der Waals surface area contributed by atoms with E-state index in [1.807, 2.05) is 0 Å². The molecule has 0 radical (unpaired) electrons. The van der Waals surface area contributed by atoms with Gasteiger partial charge in [0, 0.05) is 6.54 Å². The van der Waals surface area contributed by atoms with Crippen molar-refractivity contribution in [2.75, 3.05) is 6.54 Å². The van der Waals surface area contributed by atoms with Gasteiger partial charge in [-0.05, 0) is 51.2 Å². The average Bonchev–Trinajstić information content (AvgIpc) is 3.02. The first-order valence-corrected chi connectivity index (χ1v) is 7.37. The largest absolute Gasteiger partial charge is 0.457 e. The number of hydrogen-bond donors (Lipinski definition) is 1. The van der Waals surface area contributed by atoms with Crippen LogP contribution in [0.15, 0.2) is 34.5 Å². The Morgan fingerprint density at radius 3 is 2.95 bits per heavy atom. The van der Waals surface area contributed by atoms with Crippen molar-refractivity contribution in [3.63, 3.8) is 0 Å². The fourth-order valence-corrected chi connectivity index (χ4v) is 2.29. The van der Waals surface area contributed by atoms with E-state index in [1.165, 1.54) is 30.7 Å². The molecule has 0 aliphatic heterocycles. The molecule has 0 bridgehead atoms. The molecule has 1 amide bonds. The smallest absolute Gasteiger partial charge is 0.374 e.